The Morgan fingerprint density at radius 3 is 2.21 bits per heavy atom. The van der Waals surface area contributed by atoms with Crippen molar-refractivity contribution >= 4 is 43.7 Å². The van der Waals surface area contributed by atoms with Crippen LogP contribution in [0.3, 0.4) is 0 Å². The molecule has 0 saturated heterocycles. The zero-order valence-corrected chi connectivity index (χ0v) is 20.3. The van der Waals surface area contributed by atoms with Gasteiger partial charge in [0.05, 0.1) is 11.0 Å². The summed E-state index contributed by atoms with van der Waals surface area (Å²) in [7, 11) is 0. The van der Waals surface area contributed by atoms with E-state index in [2.05, 4.69) is 120 Å². The molecule has 0 amide bonds. The highest BCUT2D eigenvalue weighted by atomic mass is 16.3. The minimum atomic E-state index is 0.886. The van der Waals surface area contributed by atoms with Crippen LogP contribution in [0.5, 0.6) is 0 Å². The van der Waals surface area contributed by atoms with E-state index in [9.17, 15) is 0 Å². The molecule has 3 heteroatoms. The van der Waals surface area contributed by atoms with Gasteiger partial charge in [0.1, 0.15) is 17.0 Å². The van der Waals surface area contributed by atoms with E-state index in [1.165, 1.54) is 33.0 Å². The quantitative estimate of drug-likeness (QED) is 0.245. The SMILES string of the molecule is c1ccc(-n2c(-c3c4c(cc5oc6ccccc6c35)-c3cccc5cccc-4c35)nc3ccccc32)cc1. The Morgan fingerprint density at radius 2 is 1.32 bits per heavy atom. The van der Waals surface area contributed by atoms with Crippen molar-refractivity contribution in [2.45, 2.75) is 0 Å². The van der Waals surface area contributed by atoms with Crippen LogP contribution < -0.4 is 0 Å². The van der Waals surface area contributed by atoms with Gasteiger partial charge in [0.2, 0.25) is 0 Å². The average Bonchev–Trinajstić information content (AvgIpc) is 3.64. The van der Waals surface area contributed by atoms with E-state index in [1.54, 1.807) is 0 Å². The predicted molar refractivity (Wildman–Crippen MR) is 156 cm³/mol. The zero-order chi connectivity index (χ0) is 24.8. The summed E-state index contributed by atoms with van der Waals surface area (Å²) < 4.78 is 8.82. The molecule has 0 aliphatic heterocycles. The maximum atomic E-state index is 6.52. The van der Waals surface area contributed by atoms with Crippen LogP contribution in [0, 0.1) is 0 Å². The monoisotopic (exact) mass is 484 g/mol. The fourth-order valence-electron chi connectivity index (χ4n) is 6.41. The molecule has 0 fully saturated rings. The van der Waals surface area contributed by atoms with Crippen molar-refractivity contribution in [2.75, 3.05) is 0 Å². The highest BCUT2D eigenvalue weighted by Crippen LogP contribution is 2.55. The molecule has 176 valence electrons. The summed E-state index contributed by atoms with van der Waals surface area (Å²) >= 11 is 0. The number of imidazole rings is 1. The number of furan rings is 1. The van der Waals surface area contributed by atoms with E-state index < -0.39 is 0 Å². The fourth-order valence-corrected chi connectivity index (χ4v) is 6.41. The van der Waals surface area contributed by atoms with Crippen molar-refractivity contribution in [1.29, 1.82) is 0 Å². The normalized spacial score (nSPS) is 12.2. The van der Waals surface area contributed by atoms with Crippen molar-refractivity contribution < 1.29 is 4.42 Å². The van der Waals surface area contributed by atoms with E-state index in [4.69, 9.17) is 9.40 Å². The minimum Gasteiger partial charge on any atom is -0.456 e. The Hall–Kier alpha value is -5.15. The molecule has 1 aliphatic rings. The van der Waals surface area contributed by atoms with Crippen molar-refractivity contribution in [3.05, 3.63) is 121 Å². The van der Waals surface area contributed by atoms with Gasteiger partial charge in [-0.05, 0) is 63.9 Å². The van der Waals surface area contributed by atoms with Gasteiger partial charge in [-0.2, -0.15) is 0 Å². The van der Waals surface area contributed by atoms with E-state index in [0.29, 0.717) is 0 Å². The van der Waals surface area contributed by atoms with Crippen LogP contribution >= 0.6 is 0 Å². The molecule has 6 aromatic carbocycles. The smallest absolute Gasteiger partial charge is 0.147 e. The second-order valence-corrected chi connectivity index (χ2v) is 9.95. The molecule has 8 aromatic rings. The van der Waals surface area contributed by atoms with Gasteiger partial charge >= 0.3 is 0 Å². The topological polar surface area (TPSA) is 31.0 Å². The number of para-hydroxylation sites is 4. The Balaban J connectivity index is 1.54. The van der Waals surface area contributed by atoms with Gasteiger partial charge in [0, 0.05) is 27.6 Å². The molecule has 0 atom stereocenters. The number of rotatable bonds is 2. The van der Waals surface area contributed by atoms with E-state index >= 15 is 0 Å². The summed E-state index contributed by atoms with van der Waals surface area (Å²) in [6.07, 6.45) is 0. The number of hydrogen-bond acceptors (Lipinski definition) is 2. The molecule has 0 spiro atoms. The maximum Gasteiger partial charge on any atom is 0.147 e. The summed E-state index contributed by atoms with van der Waals surface area (Å²) in [4.78, 5) is 5.32. The fraction of sp³-hybridized carbons (Fsp3) is 0. The van der Waals surface area contributed by atoms with Gasteiger partial charge in [-0.1, -0.05) is 84.9 Å². The average molecular weight is 485 g/mol. The molecule has 3 nitrogen and oxygen atoms in total. The number of hydrogen-bond donors (Lipinski definition) is 0. The first-order valence-corrected chi connectivity index (χ1v) is 12.9. The molecule has 2 aromatic heterocycles. The first-order chi connectivity index (χ1) is 18.9. The standard InChI is InChI=1S/C35H20N2O/c1-2-12-22(13-3-1)37-28-18-6-5-17-27(28)36-35(37)34-32-25-16-9-11-21-10-8-15-23(31(21)25)26(32)20-30-33(34)24-14-4-7-19-29(24)38-30/h1-20H. The summed E-state index contributed by atoms with van der Waals surface area (Å²) in [6.45, 7) is 0. The Bertz CT molecular complexity index is 2230. The van der Waals surface area contributed by atoms with Gasteiger partial charge < -0.3 is 4.42 Å². The lowest BCUT2D eigenvalue weighted by Crippen LogP contribution is -1.99. The van der Waals surface area contributed by atoms with Crippen molar-refractivity contribution in [1.82, 2.24) is 9.55 Å². The van der Waals surface area contributed by atoms with Crippen LogP contribution in [-0.2, 0) is 0 Å². The molecule has 0 radical (unpaired) electrons. The van der Waals surface area contributed by atoms with Crippen molar-refractivity contribution in [2.24, 2.45) is 0 Å². The van der Waals surface area contributed by atoms with Gasteiger partial charge in [-0.25, -0.2) is 4.98 Å². The molecule has 38 heavy (non-hydrogen) atoms. The van der Waals surface area contributed by atoms with Gasteiger partial charge in [-0.15, -0.1) is 0 Å². The summed E-state index contributed by atoms with van der Waals surface area (Å²) in [5.74, 6) is 0.926. The largest absolute Gasteiger partial charge is 0.456 e. The van der Waals surface area contributed by atoms with Crippen LogP contribution in [-0.4, -0.2) is 9.55 Å². The van der Waals surface area contributed by atoms with E-state index in [-0.39, 0.29) is 0 Å². The first-order valence-electron chi connectivity index (χ1n) is 12.9. The number of nitrogens with zero attached hydrogens (tertiary/aromatic N) is 2. The Labute approximate surface area is 218 Å². The lowest BCUT2D eigenvalue weighted by molar-refractivity contribution is 0.669. The zero-order valence-electron chi connectivity index (χ0n) is 20.3. The number of aromatic nitrogens is 2. The van der Waals surface area contributed by atoms with Crippen LogP contribution in [0.15, 0.2) is 126 Å². The van der Waals surface area contributed by atoms with Crippen molar-refractivity contribution in [3.8, 4) is 39.3 Å². The molecule has 0 saturated carbocycles. The number of fused-ring (bicyclic) bond motifs is 7. The van der Waals surface area contributed by atoms with Crippen LogP contribution in [0.1, 0.15) is 0 Å². The first kappa shape index (κ1) is 20.0. The third-order valence-corrected chi connectivity index (χ3v) is 7.93. The second-order valence-electron chi connectivity index (χ2n) is 9.95. The molecular weight excluding hydrogens is 464 g/mol. The highest BCUT2D eigenvalue weighted by Gasteiger charge is 2.31. The van der Waals surface area contributed by atoms with Crippen LogP contribution in [0.4, 0.5) is 0 Å². The Morgan fingerprint density at radius 1 is 0.553 bits per heavy atom. The third kappa shape index (κ3) is 2.50. The van der Waals surface area contributed by atoms with Crippen molar-refractivity contribution in [3.63, 3.8) is 0 Å². The highest BCUT2D eigenvalue weighted by molar-refractivity contribution is 6.25. The minimum absolute atomic E-state index is 0.886. The summed E-state index contributed by atoms with van der Waals surface area (Å²) in [5, 5.41) is 4.76. The second kappa shape index (κ2) is 7.21. The molecule has 9 rings (SSSR count). The van der Waals surface area contributed by atoms with Gasteiger partial charge in [-0.3, -0.25) is 4.57 Å². The lowest BCUT2D eigenvalue weighted by Gasteiger charge is -2.15. The molecule has 0 unspecified atom stereocenters. The van der Waals surface area contributed by atoms with E-state index in [1.807, 2.05) is 6.07 Å². The number of benzene rings is 6. The van der Waals surface area contributed by atoms with Crippen LogP contribution in [0.2, 0.25) is 0 Å². The molecule has 1 aliphatic carbocycles. The summed E-state index contributed by atoms with van der Waals surface area (Å²) in [6, 6.07) is 42.7. The molecule has 2 heterocycles. The summed E-state index contributed by atoms with van der Waals surface area (Å²) in [5.41, 5.74) is 11.0. The predicted octanol–water partition coefficient (Wildman–Crippen LogP) is 9.39. The van der Waals surface area contributed by atoms with Gasteiger partial charge in [0.25, 0.3) is 0 Å². The molecule has 0 bridgehead atoms. The molecule has 0 N–H and O–H groups in total. The van der Waals surface area contributed by atoms with Crippen LogP contribution in [0.25, 0.3) is 83.1 Å². The third-order valence-electron chi connectivity index (χ3n) is 7.93. The maximum absolute atomic E-state index is 6.52. The molecular formula is C35H20N2O. The lowest BCUT2D eigenvalue weighted by atomic mass is 9.93. The van der Waals surface area contributed by atoms with Gasteiger partial charge in [0.15, 0.2) is 0 Å². The Kier molecular flexibility index (Phi) is 3.79. The van der Waals surface area contributed by atoms with E-state index in [0.717, 1.165) is 50.0 Å².